The lowest BCUT2D eigenvalue weighted by molar-refractivity contribution is 0.0787. The first kappa shape index (κ1) is 20.3. The molecule has 0 aliphatic carbocycles. The maximum Gasteiger partial charge on any atom is 0.259 e. The third-order valence-electron chi connectivity index (χ3n) is 6.06. The molecule has 5 rings (SSSR count). The van der Waals surface area contributed by atoms with E-state index in [1.165, 1.54) is 24.9 Å². The number of piperidine rings is 1. The van der Waals surface area contributed by atoms with Crippen LogP contribution in [0, 0.1) is 6.92 Å². The summed E-state index contributed by atoms with van der Waals surface area (Å²) in [5.74, 6) is 0.470. The van der Waals surface area contributed by atoms with E-state index in [1.807, 2.05) is 26.1 Å². The Balaban J connectivity index is 1.48. The molecular formula is C25H26N4O3. The van der Waals surface area contributed by atoms with E-state index in [0.717, 1.165) is 18.7 Å². The zero-order chi connectivity index (χ0) is 22.1. The first-order chi connectivity index (χ1) is 15.6. The molecule has 0 N–H and O–H groups in total. The third-order valence-corrected chi connectivity index (χ3v) is 6.06. The van der Waals surface area contributed by atoms with Crippen LogP contribution >= 0.6 is 0 Å². The van der Waals surface area contributed by atoms with E-state index in [0.29, 0.717) is 40.4 Å². The highest BCUT2D eigenvalue weighted by molar-refractivity contribution is 6.06. The third kappa shape index (κ3) is 3.75. The number of anilines is 1. The molecule has 7 heteroatoms. The highest BCUT2D eigenvalue weighted by Crippen LogP contribution is 2.29. The number of amides is 1. The maximum absolute atomic E-state index is 13.6. The molecule has 0 spiro atoms. The quantitative estimate of drug-likeness (QED) is 0.441. The van der Waals surface area contributed by atoms with Gasteiger partial charge in [0.15, 0.2) is 5.76 Å². The van der Waals surface area contributed by atoms with E-state index >= 15 is 0 Å². The number of carbonyl (C=O) groups is 1. The molecule has 1 aliphatic rings. The summed E-state index contributed by atoms with van der Waals surface area (Å²) in [5.41, 5.74) is 4.39. The summed E-state index contributed by atoms with van der Waals surface area (Å²) in [5, 5.41) is 4.67. The van der Waals surface area contributed by atoms with Gasteiger partial charge in [-0.2, -0.15) is 0 Å². The van der Waals surface area contributed by atoms with Gasteiger partial charge in [0.1, 0.15) is 5.69 Å². The number of carbonyl (C=O) groups excluding carboxylic acids is 1. The number of furan rings is 1. The van der Waals surface area contributed by atoms with E-state index in [1.54, 1.807) is 23.3 Å². The van der Waals surface area contributed by atoms with Crippen molar-refractivity contribution in [3.8, 4) is 11.5 Å². The Kier molecular flexibility index (Phi) is 5.39. The summed E-state index contributed by atoms with van der Waals surface area (Å²) >= 11 is 0. The van der Waals surface area contributed by atoms with Crippen molar-refractivity contribution in [2.45, 2.75) is 32.7 Å². The summed E-state index contributed by atoms with van der Waals surface area (Å²) in [6, 6.07) is 13.7. The van der Waals surface area contributed by atoms with Gasteiger partial charge in [-0.15, -0.1) is 0 Å². The fourth-order valence-electron chi connectivity index (χ4n) is 4.43. The van der Waals surface area contributed by atoms with Crippen molar-refractivity contribution in [1.82, 2.24) is 15.0 Å². The minimum Gasteiger partial charge on any atom is -0.463 e. The predicted octanol–water partition coefficient (Wildman–Crippen LogP) is 5.05. The van der Waals surface area contributed by atoms with Crippen molar-refractivity contribution in [3.05, 3.63) is 65.5 Å². The summed E-state index contributed by atoms with van der Waals surface area (Å²) in [7, 11) is 1.83. The Morgan fingerprint density at radius 1 is 1.12 bits per heavy atom. The molecule has 32 heavy (non-hydrogen) atoms. The molecular weight excluding hydrogens is 404 g/mol. The van der Waals surface area contributed by atoms with Gasteiger partial charge >= 0.3 is 0 Å². The fraction of sp³-hybridized carbons (Fsp3) is 0.320. The molecule has 164 valence electrons. The number of nitrogens with zero attached hydrogens (tertiary/aromatic N) is 4. The molecule has 1 saturated heterocycles. The van der Waals surface area contributed by atoms with E-state index in [9.17, 15) is 4.79 Å². The van der Waals surface area contributed by atoms with Gasteiger partial charge < -0.3 is 18.7 Å². The molecule has 0 unspecified atom stereocenters. The van der Waals surface area contributed by atoms with Gasteiger partial charge in [0.2, 0.25) is 0 Å². The molecule has 4 heterocycles. The molecule has 1 fully saturated rings. The van der Waals surface area contributed by atoms with Crippen LogP contribution in [0.2, 0.25) is 0 Å². The molecule has 0 saturated carbocycles. The monoisotopic (exact) mass is 430 g/mol. The standard InChI is InChI=1S/C25H26N4O3/c1-17-23-19(15-20(22-11-8-14-31-22)26-24(23)32-27-17)25(30)28(2)16-18-9-4-5-10-21(18)29-12-6-3-7-13-29/h4-5,8-11,14-15H,3,6-7,12-13,16H2,1-2H3. The van der Waals surface area contributed by atoms with Gasteiger partial charge in [0, 0.05) is 32.4 Å². The number of rotatable bonds is 5. The summed E-state index contributed by atoms with van der Waals surface area (Å²) in [6.07, 6.45) is 5.28. The van der Waals surface area contributed by atoms with E-state index in [4.69, 9.17) is 8.94 Å². The summed E-state index contributed by atoms with van der Waals surface area (Å²) < 4.78 is 10.9. The highest BCUT2D eigenvalue weighted by atomic mass is 16.5. The van der Waals surface area contributed by atoms with Gasteiger partial charge in [-0.3, -0.25) is 4.79 Å². The number of benzene rings is 1. The highest BCUT2D eigenvalue weighted by Gasteiger charge is 2.23. The van der Waals surface area contributed by atoms with Crippen LogP contribution in [0.3, 0.4) is 0 Å². The van der Waals surface area contributed by atoms with Crippen LogP contribution in [-0.4, -0.2) is 41.1 Å². The van der Waals surface area contributed by atoms with Crippen molar-refractivity contribution in [3.63, 3.8) is 0 Å². The first-order valence-electron chi connectivity index (χ1n) is 11.0. The molecule has 0 atom stereocenters. The summed E-state index contributed by atoms with van der Waals surface area (Å²) in [4.78, 5) is 22.3. The van der Waals surface area contributed by atoms with Crippen LogP contribution in [0.5, 0.6) is 0 Å². The molecule has 1 aromatic carbocycles. The Morgan fingerprint density at radius 3 is 2.72 bits per heavy atom. The van der Waals surface area contributed by atoms with Gasteiger partial charge in [0.05, 0.1) is 22.9 Å². The number of aromatic nitrogens is 2. The second-order valence-electron chi connectivity index (χ2n) is 8.32. The lowest BCUT2D eigenvalue weighted by Gasteiger charge is -2.31. The zero-order valence-corrected chi connectivity index (χ0v) is 18.4. The normalized spacial score (nSPS) is 14.1. The Morgan fingerprint density at radius 2 is 1.94 bits per heavy atom. The predicted molar refractivity (Wildman–Crippen MR) is 123 cm³/mol. The van der Waals surface area contributed by atoms with Crippen molar-refractivity contribution in [2.24, 2.45) is 0 Å². The zero-order valence-electron chi connectivity index (χ0n) is 18.4. The SMILES string of the molecule is Cc1noc2nc(-c3ccco3)cc(C(=O)N(C)Cc3ccccc3N3CCCCC3)c12. The van der Waals surface area contributed by atoms with Crippen LogP contribution in [0.25, 0.3) is 22.6 Å². The van der Waals surface area contributed by atoms with E-state index < -0.39 is 0 Å². The Bertz CT molecular complexity index is 1240. The Labute approximate surface area is 186 Å². The molecule has 0 radical (unpaired) electrons. The second-order valence-corrected chi connectivity index (χ2v) is 8.32. The molecule has 4 aromatic rings. The van der Waals surface area contributed by atoms with E-state index in [2.05, 4.69) is 33.2 Å². The van der Waals surface area contributed by atoms with Gasteiger partial charge in [-0.25, -0.2) is 4.98 Å². The molecule has 0 bridgehead atoms. The molecule has 3 aromatic heterocycles. The van der Waals surface area contributed by atoms with Gasteiger partial charge in [-0.1, -0.05) is 23.4 Å². The lowest BCUT2D eigenvalue weighted by atomic mass is 10.1. The smallest absolute Gasteiger partial charge is 0.259 e. The minimum atomic E-state index is -0.107. The number of aryl methyl sites for hydroxylation is 1. The van der Waals surface area contributed by atoms with Crippen molar-refractivity contribution in [1.29, 1.82) is 0 Å². The molecule has 7 nitrogen and oxygen atoms in total. The number of para-hydroxylation sites is 1. The number of hydrogen-bond acceptors (Lipinski definition) is 6. The topological polar surface area (TPSA) is 75.6 Å². The first-order valence-corrected chi connectivity index (χ1v) is 11.0. The second kappa shape index (κ2) is 8.49. The number of pyridine rings is 1. The average Bonchev–Trinajstić information content (AvgIpc) is 3.49. The maximum atomic E-state index is 13.6. The largest absolute Gasteiger partial charge is 0.463 e. The average molecular weight is 431 g/mol. The van der Waals surface area contributed by atoms with Crippen LogP contribution in [0.15, 0.2) is 57.7 Å². The minimum absolute atomic E-state index is 0.107. The van der Waals surface area contributed by atoms with Crippen LogP contribution < -0.4 is 4.90 Å². The van der Waals surface area contributed by atoms with Crippen LogP contribution in [0.1, 0.15) is 40.9 Å². The van der Waals surface area contributed by atoms with Crippen LogP contribution in [-0.2, 0) is 6.54 Å². The lowest BCUT2D eigenvalue weighted by Crippen LogP contribution is -2.32. The number of fused-ring (bicyclic) bond motifs is 1. The van der Waals surface area contributed by atoms with Gasteiger partial charge in [-0.05, 0) is 56.0 Å². The Hall–Kier alpha value is -3.61. The van der Waals surface area contributed by atoms with Crippen molar-refractivity contribution in [2.75, 3.05) is 25.0 Å². The van der Waals surface area contributed by atoms with Crippen molar-refractivity contribution >= 4 is 22.7 Å². The van der Waals surface area contributed by atoms with E-state index in [-0.39, 0.29) is 5.91 Å². The molecule has 1 aliphatic heterocycles. The summed E-state index contributed by atoms with van der Waals surface area (Å²) in [6.45, 7) is 4.45. The molecule has 1 amide bonds. The van der Waals surface area contributed by atoms with Crippen LogP contribution in [0.4, 0.5) is 5.69 Å². The fourth-order valence-corrected chi connectivity index (χ4v) is 4.43. The number of hydrogen-bond donors (Lipinski definition) is 0. The van der Waals surface area contributed by atoms with Crippen molar-refractivity contribution < 1.29 is 13.7 Å². The van der Waals surface area contributed by atoms with Gasteiger partial charge in [0.25, 0.3) is 11.6 Å².